The van der Waals surface area contributed by atoms with Crippen LogP contribution in [-0.2, 0) is 9.59 Å². The van der Waals surface area contributed by atoms with Gasteiger partial charge in [0.25, 0.3) is 0 Å². The van der Waals surface area contributed by atoms with E-state index in [1.54, 1.807) is 11.8 Å². The quantitative estimate of drug-likeness (QED) is 0.724. The fraction of sp³-hybridized carbons (Fsp3) is 0.833. The molecule has 5 nitrogen and oxygen atoms in total. The molecule has 98 valence electrons. The highest BCUT2D eigenvalue weighted by molar-refractivity contribution is 5.82. The number of carbonyl (C=O) groups is 2. The number of likely N-dealkylation sites (N-methyl/N-ethyl adjacent to an activating group) is 1. The number of aliphatic carboxylic acids is 1. The Morgan fingerprint density at radius 1 is 1.41 bits per heavy atom. The van der Waals surface area contributed by atoms with Crippen molar-refractivity contribution in [3.63, 3.8) is 0 Å². The van der Waals surface area contributed by atoms with Crippen molar-refractivity contribution in [2.45, 2.75) is 51.6 Å². The number of hydrogen-bond donors (Lipinski definition) is 2. The van der Waals surface area contributed by atoms with E-state index in [-0.39, 0.29) is 24.5 Å². The number of amides is 1. The maximum atomic E-state index is 11.9. The number of nitrogens with zero attached hydrogens (tertiary/aromatic N) is 1. The van der Waals surface area contributed by atoms with Gasteiger partial charge < -0.3 is 10.4 Å². The first-order chi connectivity index (χ1) is 8.04. The Bertz CT molecular complexity index is 275. The number of nitrogens with one attached hydrogen (secondary N) is 1. The normalized spacial score (nSPS) is 18.3. The number of rotatable bonds is 6. The minimum absolute atomic E-state index is 0.0556. The van der Waals surface area contributed by atoms with Crippen molar-refractivity contribution in [1.29, 1.82) is 0 Å². The first kappa shape index (κ1) is 14.0. The molecule has 1 saturated carbocycles. The molecular weight excluding hydrogens is 220 g/mol. The molecule has 17 heavy (non-hydrogen) atoms. The van der Waals surface area contributed by atoms with Crippen molar-refractivity contribution in [1.82, 2.24) is 10.2 Å². The van der Waals surface area contributed by atoms with Crippen LogP contribution in [0.2, 0.25) is 0 Å². The summed E-state index contributed by atoms with van der Waals surface area (Å²) in [6, 6.07) is -0.0924. The monoisotopic (exact) mass is 242 g/mol. The molecule has 1 rings (SSSR count). The predicted molar refractivity (Wildman–Crippen MR) is 64.7 cm³/mol. The molecule has 1 amide bonds. The van der Waals surface area contributed by atoms with Crippen LogP contribution in [0, 0.1) is 0 Å². The smallest absolute Gasteiger partial charge is 0.317 e. The van der Waals surface area contributed by atoms with Crippen LogP contribution in [0.15, 0.2) is 0 Å². The van der Waals surface area contributed by atoms with Gasteiger partial charge in [0.15, 0.2) is 0 Å². The SMILES string of the molecule is CCN(CC(=O)O)C(C)C(=O)NC1CCCC1. The lowest BCUT2D eigenvalue weighted by Crippen LogP contribution is -2.49. The summed E-state index contributed by atoms with van der Waals surface area (Å²) in [6.45, 7) is 4.10. The van der Waals surface area contributed by atoms with Gasteiger partial charge in [-0.1, -0.05) is 19.8 Å². The Morgan fingerprint density at radius 3 is 2.47 bits per heavy atom. The molecule has 0 aromatic heterocycles. The van der Waals surface area contributed by atoms with Crippen LogP contribution in [-0.4, -0.2) is 47.1 Å². The molecule has 0 aliphatic heterocycles. The number of carboxylic acid groups (broad SMARTS) is 1. The largest absolute Gasteiger partial charge is 0.480 e. The highest BCUT2D eigenvalue weighted by Crippen LogP contribution is 2.17. The Balaban J connectivity index is 2.44. The fourth-order valence-electron chi connectivity index (χ4n) is 2.25. The van der Waals surface area contributed by atoms with Gasteiger partial charge in [-0.2, -0.15) is 0 Å². The molecule has 1 aliphatic rings. The molecule has 1 aliphatic carbocycles. The second kappa shape index (κ2) is 6.59. The van der Waals surface area contributed by atoms with Crippen LogP contribution in [0.4, 0.5) is 0 Å². The molecule has 0 radical (unpaired) electrons. The maximum absolute atomic E-state index is 11.9. The topological polar surface area (TPSA) is 69.6 Å². The first-order valence-electron chi connectivity index (χ1n) is 6.30. The number of hydrogen-bond acceptors (Lipinski definition) is 3. The molecule has 0 bridgehead atoms. The van der Waals surface area contributed by atoms with Gasteiger partial charge >= 0.3 is 5.97 Å². The highest BCUT2D eigenvalue weighted by Gasteiger charge is 2.25. The lowest BCUT2D eigenvalue weighted by molar-refractivity contribution is -0.139. The zero-order chi connectivity index (χ0) is 12.8. The van der Waals surface area contributed by atoms with Gasteiger partial charge in [0.1, 0.15) is 0 Å². The van der Waals surface area contributed by atoms with Gasteiger partial charge in [-0.05, 0) is 26.3 Å². The van der Waals surface area contributed by atoms with E-state index in [0.29, 0.717) is 6.54 Å². The Morgan fingerprint density at radius 2 is 2.00 bits per heavy atom. The van der Waals surface area contributed by atoms with Crippen LogP contribution < -0.4 is 5.32 Å². The Hall–Kier alpha value is -1.10. The Kier molecular flexibility index (Phi) is 5.41. The zero-order valence-electron chi connectivity index (χ0n) is 10.6. The van der Waals surface area contributed by atoms with E-state index in [1.165, 1.54) is 12.8 Å². The van der Waals surface area contributed by atoms with Gasteiger partial charge in [0.05, 0.1) is 12.6 Å². The summed E-state index contributed by atoms with van der Waals surface area (Å²) in [4.78, 5) is 24.3. The van der Waals surface area contributed by atoms with Crippen LogP contribution in [0.3, 0.4) is 0 Å². The second-order valence-electron chi connectivity index (χ2n) is 4.62. The summed E-state index contributed by atoms with van der Waals surface area (Å²) in [5, 5.41) is 11.7. The second-order valence-corrected chi connectivity index (χ2v) is 4.62. The third kappa shape index (κ3) is 4.34. The highest BCUT2D eigenvalue weighted by atomic mass is 16.4. The molecule has 2 N–H and O–H groups in total. The zero-order valence-corrected chi connectivity index (χ0v) is 10.6. The first-order valence-corrected chi connectivity index (χ1v) is 6.30. The van der Waals surface area contributed by atoms with Crippen LogP contribution in [0.1, 0.15) is 39.5 Å². The van der Waals surface area contributed by atoms with Gasteiger partial charge in [0, 0.05) is 6.04 Å². The van der Waals surface area contributed by atoms with Crippen LogP contribution in [0.25, 0.3) is 0 Å². The van der Waals surface area contributed by atoms with E-state index in [1.807, 2.05) is 6.92 Å². The molecule has 0 aromatic rings. The maximum Gasteiger partial charge on any atom is 0.317 e. The molecule has 0 heterocycles. The minimum Gasteiger partial charge on any atom is -0.480 e. The lowest BCUT2D eigenvalue weighted by Gasteiger charge is -2.26. The lowest BCUT2D eigenvalue weighted by atomic mass is 10.2. The van der Waals surface area contributed by atoms with Crippen molar-refractivity contribution < 1.29 is 14.7 Å². The van der Waals surface area contributed by atoms with E-state index in [4.69, 9.17) is 5.11 Å². The van der Waals surface area contributed by atoms with E-state index in [0.717, 1.165) is 12.8 Å². The van der Waals surface area contributed by atoms with Crippen molar-refractivity contribution in [3.05, 3.63) is 0 Å². The van der Waals surface area contributed by atoms with E-state index >= 15 is 0 Å². The van der Waals surface area contributed by atoms with E-state index in [2.05, 4.69) is 5.32 Å². The minimum atomic E-state index is -0.896. The van der Waals surface area contributed by atoms with E-state index < -0.39 is 5.97 Å². The van der Waals surface area contributed by atoms with Crippen molar-refractivity contribution in [3.8, 4) is 0 Å². The van der Waals surface area contributed by atoms with Gasteiger partial charge in [-0.15, -0.1) is 0 Å². The van der Waals surface area contributed by atoms with Crippen molar-refractivity contribution >= 4 is 11.9 Å². The van der Waals surface area contributed by atoms with Crippen molar-refractivity contribution in [2.75, 3.05) is 13.1 Å². The van der Waals surface area contributed by atoms with E-state index in [9.17, 15) is 9.59 Å². The summed E-state index contributed by atoms with van der Waals surface area (Å²) in [5.74, 6) is -0.952. The van der Waals surface area contributed by atoms with Crippen molar-refractivity contribution in [2.24, 2.45) is 0 Å². The molecule has 5 heteroatoms. The third-order valence-corrected chi connectivity index (χ3v) is 3.37. The average Bonchev–Trinajstić information content (AvgIpc) is 2.77. The molecule has 0 aromatic carbocycles. The van der Waals surface area contributed by atoms with Crippen LogP contribution >= 0.6 is 0 Å². The fourth-order valence-corrected chi connectivity index (χ4v) is 2.25. The molecular formula is C12H22N2O3. The molecule has 0 saturated heterocycles. The molecule has 0 spiro atoms. The van der Waals surface area contributed by atoms with Gasteiger partial charge in [-0.3, -0.25) is 14.5 Å². The average molecular weight is 242 g/mol. The van der Waals surface area contributed by atoms with Gasteiger partial charge in [0.2, 0.25) is 5.91 Å². The van der Waals surface area contributed by atoms with Gasteiger partial charge in [-0.25, -0.2) is 0 Å². The standard InChI is InChI=1S/C12H22N2O3/c1-3-14(8-11(15)16)9(2)12(17)13-10-6-4-5-7-10/h9-10H,3-8H2,1-2H3,(H,13,17)(H,15,16). The third-order valence-electron chi connectivity index (χ3n) is 3.37. The molecule has 1 fully saturated rings. The number of carbonyl (C=O) groups excluding carboxylic acids is 1. The predicted octanol–water partition coefficient (Wildman–Crippen LogP) is 0.840. The Labute approximate surface area is 102 Å². The molecule has 1 unspecified atom stereocenters. The summed E-state index contributed by atoms with van der Waals surface area (Å²) >= 11 is 0. The summed E-state index contributed by atoms with van der Waals surface area (Å²) in [7, 11) is 0. The summed E-state index contributed by atoms with van der Waals surface area (Å²) in [6.07, 6.45) is 4.44. The summed E-state index contributed by atoms with van der Waals surface area (Å²) in [5.41, 5.74) is 0. The van der Waals surface area contributed by atoms with Crippen LogP contribution in [0.5, 0.6) is 0 Å². The number of carboxylic acids is 1. The molecule has 1 atom stereocenters. The summed E-state index contributed by atoms with van der Waals surface area (Å²) < 4.78 is 0.